The van der Waals surface area contributed by atoms with Crippen LogP contribution in [0.4, 0.5) is 4.39 Å². The summed E-state index contributed by atoms with van der Waals surface area (Å²) < 4.78 is 43.8. The van der Waals surface area contributed by atoms with Crippen molar-refractivity contribution in [2.24, 2.45) is 45.3 Å². The summed E-state index contributed by atoms with van der Waals surface area (Å²) in [5, 5.41) is 4.22. The molecule has 6 aliphatic carbocycles. The van der Waals surface area contributed by atoms with E-state index in [1.807, 2.05) is 0 Å². The summed E-state index contributed by atoms with van der Waals surface area (Å²) in [6.45, 7) is 20.5. The average molecular weight is 801 g/mol. The number of hydrogen-bond donors (Lipinski definition) is 1. The van der Waals surface area contributed by atoms with Crippen LogP contribution in [0, 0.1) is 45.3 Å². The van der Waals surface area contributed by atoms with E-state index in [1.54, 1.807) is 11.1 Å². The first kappa shape index (κ1) is 41.2. The molecule has 8 atom stereocenters. The maximum atomic E-state index is 14.1. The molecule has 1 aliphatic heterocycles. The summed E-state index contributed by atoms with van der Waals surface area (Å²) in [5.74, 6) is 2.58. The molecule has 1 aromatic rings. The van der Waals surface area contributed by atoms with Crippen LogP contribution in [-0.2, 0) is 19.4 Å². The maximum absolute atomic E-state index is 14.1. The number of alkyl halides is 1. The largest absolute Gasteiger partial charge is 0.458 e. The Morgan fingerprint density at radius 1 is 0.912 bits per heavy atom. The molecule has 0 amide bonds. The number of nitrogens with zero attached hydrogens (tertiary/aromatic N) is 1. The number of fused-ring (bicyclic) bond motifs is 7. The Hall–Kier alpha value is -2.55. The lowest BCUT2D eigenvalue weighted by Crippen LogP contribution is -2.66. The molecule has 0 bridgehead atoms. The lowest BCUT2D eigenvalue weighted by molar-refractivity contribution is -0.195. The van der Waals surface area contributed by atoms with Crippen molar-refractivity contribution in [1.29, 1.82) is 0 Å². The van der Waals surface area contributed by atoms with Gasteiger partial charge in [-0.25, -0.2) is 12.8 Å². The van der Waals surface area contributed by atoms with Gasteiger partial charge in [-0.2, -0.15) is 0 Å². The zero-order chi connectivity index (χ0) is 40.6. The average Bonchev–Trinajstić information content (AvgIpc) is 3.52. The fraction of sp³-hybridized carbons (Fsp3) is 0.694. The summed E-state index contributed by atoms with van der Waals surface area (Å²) in [7, 11) is -2.91. The predicted molar refractivity (Wildman–Crippen MR) is 229 cm³/mol. The van der Waals surface area contributed by atoms with Crippen molar-refractivity contribution in [2.45, 2.75) is 124 Å². The molecule has 6 nitrogen and oxygen atoms in total. The van der Waals surface area contributed by atoms with Gasteiger partial charge < -0.3 is 15.0 Å². The van der Waals surface area contributed by atoms with Gasteiger partial charge in [0.05, 0.1) is 17.0 Å². The van der Waals surface area contributed by atoms with E-state index >= 15 is 0 Å². The van der Waals surface area contributed by atoms with E-state index in [9.17, 15) is 17.6 Å². The minimum Gasteiger partial charge on any atom is -0.458 e. The third-order valence-electron chi connectivity index (χ3n) is 17.7. The van der Waals surface area contributed by atoms with E-state index in [0.29, 0.717) is 56.1 Å². The van der Waals surface area contributed by atoms with Crippen LogP contribution >= 0.6 is 0 Å². The van der Waals surface area contributed by atoms with Gasteiger partial charge in [0.15, 0.2) is 9.84 Å². The number of nitrogens with one attached hydrogen (secondary N) is 1. The molecule has 312 valence electrons. The molecule has 1 heterocycles. The predicted octanol–water partition coefficient (Wildman–Crippen LogP) is 9.69. The van der Waals surface area contributed by atoms with Gasteiger partial charge in [-0.1, -0.05) is 97.0 Å². The van der Waals surface area contributed by atoms with Gasteiger partial charge in [-0.05, 0) is 137 Å². The Bertz CT molecular complexity index is 1970. The van der Waals surface area contributed by atoms with Crippen LogP contribution in [0.3, 0.4) is 0 Å². The second-order valence-corrected chi connectivity index (χ2v) is 23.2. The first-order chi connectivity index (χ1) is 27.0. The number of carbonyl (C=O) groups is 1. The maximum Gasteiger partial charge on any atom is 0.293 e. The number of sulfone groups is 1. The number of rotatable bonds is 10. The van der Waals surface area contributed by atoms with Crippen LogP contribution in [0.25, 0.3) is 5.57 Å². The fourth-order valence-electron chi connectivity index (χ4n) is 14.6. The van der Waals surface area contributed by atoms with E-state index in [-0.39, 0.29) is 38.7 Å². The smallest absolute Gasteiger partial charge is 0.293 e. The van der Waals surface area contributed by atoms with Crippen molar-refractivity contribution in [3.05, 3.63) is 76.4 Å². The molecule has 4 fully saturated rings. The molecule has 1 saturated heterocycles. The summed E-state index contributed by atoms with van der Waals surface area (Å²) in [6.07, 6.45) is 17.4. The molecule has 0 radical (unpaired) electrons. The molecule has 1 N–H and O–H groups in total. The van der Waals surface area contributed by atoms with E-state index < -0.39 is 22.1 Å². The van der Waals surface area contributed by atoms with E-state index in [1.165, 1.54) is 54.4 Å². The minimum absolute atomic E-state index is 0.00335. The third kappa shape index (κ3) is 6.51. The minimum atomic E-state index is -2.91. The lowest BCUT2D eigenvalue weighted by atomic mass is 9.33. The normalized spacial score (nSPS) is 39.9. The van der Waals surface area contributed by atoms with Crippen molar-refractivity contribution < 1.29 is 22.3 Å². The molecule has 0 aromatic heterocycles. The van der Waals surface area contributed by atoms with E-state index in [4.69, 9.17) is 4.74 Å². The summed E-state index contributed by atoms with van der Waals surface area (Å²) in [5.41, 5.74) is 8.04. The molecular formula is C49H69FN2O4S. The Morgan fingerprint density at radius 2 is 1.65 bits per heavy atom. The first-order valence-electron chi connectivity index (χ1n) is 22.3. The SMILES string of the molecule is CC(C)C1=C2[C@H]3CC[C@@H]4[C@@]5(C)CC=C(C6=CC[C@@](CF)(OC=O)CC6)C(C)(C)[C@@H]5CC[C@@]4(C)[C@]3(C)CC[C@@]2(NCCN2CCS(=O)(=O)CC2)C=C1c1ccccc1. The highest BCUT2D eigenvalue weighted by atomic mass is 32.2. The van der Waals surface area contributed by atoms with Gasteiger partial charge in [0.1, 0.15) is 12.3 Å². The second kappa shape index (κ2) is 14.6. The van der Waals surface area contributed by atoms with Gasteiger partial charge in [-0.15, -0.1) is 0 Å². The topological polar surface area (TPSA) is 75.7 Å². The van der Waals surface area contributed by atoms with Crippen molar-refractivity contribution in [2.75, 3.05) is 44.4 Å². The van der Waals surface area contributed by atoms with E-state index in [0.717, 1.165) is 32.4 Å². The van der Waals surface area contributed by atoms with Crippen LogP contribution in [0.5, 0.6) is 0 Å². The van der Waals surface area contributed by atoms with Crippen molar-refractivity contribution in [3.63, 3.8) is 0 Å². The van der Waals surface area contributed by atoms with Crippen molar-refractivity contribution >= 4 is 21.9 Å². The van der Waals surface area contributed by atoms with Crippen molar-refractivity contribution in [1.82, 2.24) is 10.2 Å². The molecule has 7 aliphatic rings. The van der Waals surface area contributed by atoms with Crippen LogP contribution in [0.15, 0.2) is 70.9 Å². The Kier molecular flexibility index (Phi) is 10.5. The first-order valence-corrected chi connectivity index (χ1v) is 24.1. The molecule has 0 unspecified atom stereocenters. The fourth-order valence-corrected chi connectivity index (χ4v) is 15.8. The molecule has 57 heavy (non-hydrogen) atoms. The lowest BCUT2D eigenvalue weighted by Gasteiger charge is -2.71. The van der Waals surface area contributed by atoms with Gasteiger partial charge in [0, 0.05) is 32.6 Å². The third-order valence-corrected chi connectivity index (χ3v) is 19.3. The quantitative estimate of drug-likeness (QED) is 0.238. The molecule has 1 aromatic carbocycles. The van der Waals surface area contributed by atoms with Crippen molar-refractivity contribution in [3.8, 4) is 0 Å². The summed E-state index contributed by atoms with van der Waals surface area (Å²) in [6, 6.07) is 11.1. The van der Waals surface area contributed by atoms with E-state index in [2.05, 4.69) is 107 Å². The van der Waals surface area contributed by atoms with Gasteiger partial charge >= 0.3 is 0 Å². The zero-order valence-electron chi connectivity index (χ0n) is 35.9. The molecule has 8 heteroatoms. The Morgan fingerprint density at radius 3 is 2.30 bits per heavy atom. The van der Waals surface area contributed by atoms with Gasteiger partial charge in [0.2, 0.25) is 0 Å². The summed E-state index contributed by atoms with van der Waals surface area (Å²) >= 11 is 0. The highest BCUT2D eigenvalue weighted by molar-refractivity contribution is 7.91. The number of benzene rings is 1. The van der Waals surface area contributed by atoms with Gasteiger partial charge in [-0.3, -0.25) is 4.79 Å². The van der Waals surface area contributed by atoms with Crippen LogP contribution < -0.4 is 5.32 Å². The van der Waals surface area contributed by atoms with Crippen LogP contribution in [0.2, 0.25) is 0 Å². The Labute approximate surface area is 343 Å². The molecule has 3 saturated carbocycles. The number of halogens is 1. The standard InChI is InChI=1S/C49H69FN2O4S/c1-34(2)42-37(35-11-9-8-10-12-35)31-49(51-25-26-52-27-29-57(54,55)30-28-52)24-23-46(6)39(43(42)49)13-14-41-45(5)19-17-38(44(3,4)40(45)18-20-47(41,46)7)36-15-21-48(32-50,22-16-36)56-33-53/h8-12,15,17,31,33-34,39-41,51H,13-14,16,18-30,32H2,1-7H3/t39-,40+,41-,45+,46-,47-,48-,49-/m1/s1. The number of allylic oxidation sites excluding steroid dienone is 5. The molecule has 8 rings (SSSR count). The summed E-state index contributed by atoms with van der Waals surface area (Å²) in [4.78, 5) is 13.6. The zero-order valence-corrected chi connectivity index (χ0v) is 36.7. The Balaban J connectivity index is 1.12. The monoisotopic (exact) mass is 800 g/mol. The van der Waals surface area contributed by atoms with Crippen LogP contribution in [0.1, 0.15) is 118 Å². The molecular weight excluding hydrogens is 732 g/mol. The number of ether oxygens (including phenoxy) is 1. The van der Waals surface area contributed by atoms with Gasteiger partial charge in [0.25, 0.3) is 6.47 Å². The number of hydrogen-bond acceptors (Lipinski definition) is 6. The highest BCUT2D eigenvalue weighted by Gasteiger charge is 2.69. The highest BCUT2D eigenvalue weighted by Crippen LogP contribution is 2.76. The van der Waals surface area contributed by atoms with Crippen LogP contribution in [-0.4, -0.2) is 75.3 Å². The number of carbonyl (C=O) groups excluding carboxylic acids is 1. The second-order valence-electron chi connectivity index (χ2n) is 20.9. The molecule has 0 spiro atoms.